The number of aryl methyl sites for hydroxylation is 1. The summed E-state index contributed by atoms with van der Waals surface area (Å²) in [4.78, 5) is 14.8. The zero-order valence-electron chi connectivity index (χ0n) is 16.6. The minimum absolute atomic E-state index is 0.0727. The predicted octanol–water partition coefficient (Wildman–Crippen LogP) is 3.17. The van der Waals surface area contributed by atoms with Gasteiger partial charge in [0.05, 0.1) is 12.4 Å². The Morgan fingerprint density at radius 1 is 1.10 bits per heavy atom. The average Bonchev–Trinajstić information content (AvgIpc) is 3.20. The molecule has 1 heterocycles. The normalized spacial score (nSPS) is 16.5. The SMILES string of the molecule is CS(=O)(=O)Oc1ccc(CN(C[C@@H]2CCCO2)C(=O)CCc2ccccc2)cc1. The first kappa shape index (κ1) is 21.3. The summed E-state index contributed by atoms with van der Waals surface area (Å²) < 4.78 is 33.1. The number of benzene rings is 2. The van der Waals surface area contributed by atoms with Gasteiger partial charge >= 0.3 is 10.1 Å². The molecular weight excluding hydrogens is 390 g/mol. The zero-order valence-corrected chi connectivity index (χ0v) is 17.4. The number of rotatable bonds is 9. The van der Waals surface area contributed by atoms with Crippen molar-refractivity contribution in [1.29, 1.82) is 0 Å². The van der Waals surface area contributed by atoms with Gasteiger partial charge in [-0.05, 0) is 42.5 Å². The van der Waals surface area contributed by atoms with Gasteiger partial charge in [-0.15, -0.1) is 0 Å². The van der Waals surface area contributed by atoms with Gasteiger partial charge in [-0.2, -0.15) is 8.42 Å². The molecule has 156 valence electrons. The van der Waals surface area contributed by atoms with Crippen LogP contribution in [0.1, 0.15) is 30.4 Å². The fourth-order valence-electron chi connectivity index (χ4n) is 3.39. The van der Waals surface area contributed by atoms with E-state index in [1.165, 1.54) is 0 Å². The van der Waals surface area contributed by atoms with Gasteiger partial charge in [0, 0.05) is 26.1 Å². The van der Waals surface area contributed by atoms with Gasteiger partial charge in [-0.1, -0.05) is 42.5 Å². The second-order valence-electron chi connectivity index (χ2n) is 7.33. The Balaban J connectivity index is 1.65. The van der Waals surface area contributed by atoms with E-state index >= 15 is 0 Å². The number of carbonyl (C=O) groups is 1. The molecule has 1 aliphatic rings. The average molecular weight is 418 g/mol. The van der Waals surface area contributed by atoms with E-state index in [-0.39, 0.29) is 17.8 Å². The number of amides is 1. The van der Waals surface area contributed by atoms with Crippen LogP contribution in [-0.2, 0) is 32.6 Å². The Morgan fingerprint density at radius 2 is 1.83 bits per heavy atom. The summed E-state index contributed by atoms with van der Waals surface area (Å²) in [5.74, 6) is 0.346. The smallest absolute Gasteiger partial charge is 0.306 e. The standard InChI is InChI=1S/C22H27NO5S/c1-29(25,26)28-20-12-9-19(10-13-20)16-23(17-21-8-5-15-27-21)22(24)14-11-18-6-3-2-4-7-18/h2-4,6-7,9-10,12-13,21H,5,8,11,14-17H2,1H3/t21-/m0/s1. The summed E-state index contributed by atoms with van der Waals surface area (Å²) in [6.45, 7) is 1.76. The molecule has 2 aromatic carbocycles. The van der Waals surface area contributed by atoms with Crippen LogP contribution in [0.5, 0.6) is 5.75 Å². The minimum Gasteiger partial charge on any atom is -0.383 e. The first-order valence-electron chi connectivity index (χ1n) is 9.81. The quantitative estimate of drug-likeness (QED) is 0.586. The molecule has 2 aromatic rings. The molecule has 0 N–H and O–H groups in total. The fraction of sp³-hybridized carbons (Fsp3) is 0.409. The lowest BCUT2D eigenvalue weighted by Gasteiger charge is -2.26. The van der Waals surface area contributed by atoms with E-state index in [1.807, 2.05) is 35.2 Å². The highest BCUT2D eigenvalue weighted by molar-refractivity contribution is 7.86. The summed E-state index contributed by atoms with van der Waals surface area (Å²) in [5.41, 5.74) is 2.05. The molecule has 1 fully saturated rings. The van der Waals surface area contributed by atoms with Crippen LogP contribution in [0.2, 0.25) is 0 Å². The molecule has 1 atom stereocenters. The lowest BCUT2D eigenvalue weighted by molar-refractivity contribution is -0.133. The van der Waals surface area contributed by atoms with Gasteiger partial charge in [0.2, 0.25) is 5.91 Å². The second-order valence-corrected chi connectivity index (χ2v) is 8.90. The number of hydrogen-bond donors (Lipinski definition) is 0. The molecule has 0 spiro atoms. The Labute approximate surface area is 172 Å². The van der Waals surface area contributed by atoms with E-state index in [0.29, 0.717) is 25.9 Å². The number of nitrogens with zero attached hydrogens (tertiary/aromatic N) is 1. The number of hydrogen-bond acceptors (Lipinski definition) is 5. The van der Waals surface area contributed by atoms with Crippen molar-refractivity contribution < 1.29 is 22.1 Å². The van der Waals surface area contributed by atoms with Gasteiger partial charge in [0.25, 0.3) is 0 Å². The maximum absolute atomic E-state index is 12.9. The van der Waals surface area contributed by atoms with Crippen molar-refractivity contribution in [3.8, 4) is 5.75 Å². The van der Waals surface area contributed by atoms with E-state index < -0.39 is 10.1 Å². The van der Waals surface area contributed by atoms with Crippen molar-refractivity contribution in [2.45, 2.75) is 38.3 Å². The first-order chi connectivity index (χ1) is 13.9. The van der Waals surface area contributed by atoms with Crippen LogP contribution in [-0.4, -0.2) is 44.7 Å². The summed E-state index contributed by atoms with van der Waals surface area (Å²) >= 11 is 0. The molecule has 29 heavy (non-hydrogen) atoms. The van der Waals surface area contributed by atoms with E-state index in [4.69, 9.17) is 8.92 Å². The van der Waals surface area contributed by atoms with Crippen molar-refractivity contribution in [1.82, 2.24) is 4.90 Å². The molecule has 1 aliphatic heterocycles. The van der Waals surface area contributed by atoms with Crippen molar-refractivity contribution in [3.05, 3.63) is 65.7 Å². The van der Waals surface area contributed by atoms with Crippen LogP contribution >= 0.6 is 0 Å². The number of ether oxygens (including phenoxy) is 1. The summed E-state index contributed by atoms with van der Waals surface area (Å²) in [6, 6.07) is 16.8. The van der Waals surface area contributed by atoms with Crippen LogP contribution in [0.25, 0.3) is 0 Å². The Bertz CT molecular complexity index is 891. The largest absolute Gasteiger partial charge is 0.383 e. The highest BCUT2D eigenvalue weighted by Crippen LogP contribution is 2.19. The second kappa shape index (κ2) is 9.89. The van der Waals surface area contributed by atoms with E-state index in [9.17, 15) is 13.2 Å². The summed E-state index contributed by atoms with van der Waals surface area (Å²) in [7, 11) is -3.56. The maximum atomic E-state index is 12.9. The lowest BCUT2D eigenvalue weighted by atomic mass is 10.1. The van der Waals surface area contributed by atoms with Gasteiger partial charge in [-0.25, -0.2) is 0 Å². The summed E-state index contributed by atoms with van der Waals surface area (Å²) in [5, 5.41) is 0. The maximum Gasteiger partial charge on any atom is 0.306 e. The van der Waals surface area contributed by atoms with Crippen LogP contribution in [0, 0.1) is 0 Å². The Morgan fingerprint density at radius 3 is 2.45 bits per heavy atom. The fourth-order valence-corrected chi connectivity index (χ4v) is 3.85. The molecule has 0 saturated carbocycles. The van der Waals surface area contributed by atoms with Crippen molar-refractivity contribution in [3.63, 3.8) is 0 Å². The molecule has 0 bridgehead atoms. The molecule has 6 nitrogen and oxygen atoms in total. The van der Waals surface area contributed by atoms with E-state index in [0.717, 1.165) is 36.8 Å². The Kier molecular flexibility index (Phi) is 7.28. The Hall–Kier alpha value is -2.38. The van der Waals surface area contributed by atoms with Crippen molar-refractivity contribution in [2.75, 3.05) is 19.4 Å². The van der Waals surface area contributed by atoms with Crippen LogP contribution < -0.4 is 4.18 Å². The molecule has 7 heteroatoms. The van der Waals surface area contributed by atoms with E-state index in [2.05, 4.69) is 0 Å². The third-order valence-electron chi connectivity index (χ3n) is 4.82. The topological polar surface area (TPSA) is 72.9 Å². The van der Waals surface area contributed by atoms with Crippen LogP contribution in [0.15, 0.2) is 54.6 Å². The highest BCUT2D eigenvalue weighted by atomic mass is 32.2. The van der Waals surface area contributed by atoms with Gasteiger partial charge in [0.15, 0.2) is 0 Å². The van der Waals surface area contributed by atoms with Gasteiger partial charge in [-0.3, -0.25) is 4.79 Å². The van der Waals surface area contributed by atoms with Crippen molar-refractivity contribution in [2.24, 2.45) is 0 Å². The monoisotopic (exact) mass is 417 g/mol. The predicted molar refractivity (Wildman–Crippen MR) is 111 cm³/mol. The molecular formula is C22H27NO5S. The minimum atomic E-state index is -3.56. The third-order valence-corrected chi connectivity index (χ3v) is 5.31. The highest BCUT2D eigenvalue weighted by Gasteiger charge is 2.22. The van der Waals surface area contributed by atoms with Crippen LogP contribution in [0.4, 0.5) is 0 Å². The van der Waals surface area contributed by atoms with Gasteiger partial charge < -0.3 is 13.8 Å². The zero-order chi connectivity index (χ0) is 20.7. The van der Waals surface area contributed by atoms with Gasteiger partial charge in [0.1, 0.15) is 5.75 Å². The molecule has 3 rings (SSSR count). The molecule has 0 radical (unpaired) electrons. The molecule has 1 saturated heterocycles. The first-order valence-corrected chi connectivity index (χ1v) is 11.6. The summed E-state index contributed by atoms with van der Waals surface area (Å²) in [6.07, 6.45) is 4.20. The van der Waals surface area contributed by atoms with Crippen LogP contribution in [0.3, 0.4) is 0 Å². The lowest BCUT2D eigenvalue weighted by Crippen LogP contribution is -2.37. The third kappa shape index (κ3) is 7.18. The molecule has 0 aliphatic carbocycles. The molecule has 1 amide bonds. The van der Waals surface area contributed by atoms with E-state index in [1.54, 1.807) is 24.3 Å². The molecule has 0 unspecified atom stereocenters. The van der Waals surface area contributed by atoms with Crippen molar-refractivity contribution >= 4 is 16.0 Å². The molecule has 0 aromatic heterocycles. The number of carbonyl (C=O) groups excluding carboxylic acids is 1.